The first-order chi connectivity index (χ1) is 17.8. The Bertz CT molecular complexity index is 1810. The SMILES string of the molecule is CC1C=c2c(ccc3ccccc23)=C1[Si](C)(C)C1=c2cc(C(C)(C)C)ccc2=C2C=CC(C(C)(C)C)=CC21. The van der Waals surface area contributed by atoms with Crippen LogP contribution in [0, 0.1) is 17.3 Å². The van der Waals surface area contributed by atoms with Crippen LogP contribution in [-0.4, -0.2) is 8.07 Å². The number of hydrogen-bond acceptors (Lipinski definition) is 0. The van der Waals surface area contributed by atoms with Gasteiger partial charge in [0.1, 0.15) is 8.07 Å². The molecule has 0 nitrogen and oxygen atoms in total. The molecule has 0 spiro atoms. The van der Waals surface area contributed by atoms with Gasteiger partial charge in [-0.25, -0.2) is 0 Å². The van der Waals surface area contributed by atoms with E-state index in [-0.39, 0.29) is 10.8 Å². The van der Waals surface area contributed by atoms with E-state index >= 15 is 0 Å². The van der Waals surface area contributed by atoms with Crippen molar-refractivity contribution in [2.75, 3.05) is 0 Å². The number of allylic oxidation sites excluding steroid dienone is 4. The van der Waals surface area contributed by atoms with E-state index in [9.17, 15) is 0 Å². The van der Waals surface area contributed by atoms with Gasteiger partial charge in [0.25, 0.3) is 0 Å². The molecule has 0 saturated carbocycles. The fraction of sp³-hybridized carbons (Fsp3) is 0.351. The Labute approximate surface area is 229 Å². The molecule has 3 aromatic rings. The fourth-order valence-corrected chi connectivity index (χ4v) is 11.6. The van der Waals surface area contributed by atoms with Crippen molar-refractivity contribution in [3.05, 3.63) is 105 Å². The van der Waals surface area contributed by atoms with Crippen LogP contribution in [-0.2, 0) is 5.41 Å². The smallest absolute Gasteiger partial charge is 0.0695 e. The zero-order valence-corrected chi connectivity index (χ0v) is 25.7. The van der Waals surface area contributed by atoms with Gasteiger partial charge in [0, 0.05) is 5.92 Å². The first kappa shape index (κ1) is 25.4. The number of hydrogen-bond donors (Lipinski definition) is 0. The molecule has 2 atom stereocenters. The maximum Gasteiger partial charge on any atom is 0.106 e. The molecule has 0 amide bonds. The first-order valence-corrected chi connectivity index (χ1v) is 17.3. The summed E-state index contributed by atoms with van der Waals surface area (Å²) >= 11 is 0. The van der Waals surface area contributed by atoms with Crippen LogP contribution in [0.2, 0.25) is 13.1 Å². The molecule has 0 fully saturated rings. The third-order valence-corrected chi connectivity index (χ3v) is 13.3. The highest BCUT2D eigenvalue weighted by atomic mass is 28.3. The molecule has 0 radical (unpaired) electrons. The number of fused-ring (bicyclic) bond motifs is 5. The van der Waals surface area contributed by atoms with Crippen LogP contribution in [0.15, 0.2) is 78.4 Å². The molecule has 0 saturated heterocycles. The van der Waals surface area contributed by atoms with Crippen LogP contribution in [0.25, 0.3) is 32.8 Å². The predicted molar refractivity (Wildman–Crippen MR) is 169 cm³/mol. The predicted octanol–water partition coefficient (Wildman–Crippen LogP) is 6.68. The van der Waals surface area contributed by atoms with Crippen molar-refractivity contribution >= 4 is 40.9 Å². The molecule has 3 aliphatic rings. The van der Waals surface area contributed by atoms with Gasteiger partial charge in [0.15, 0.2) is 0 Å². The van der Waals surface area contributed by atoms with Gasteiger partial charge >= 0.3 is 0 Å². The van der Waals surface area contributed by atoms with Crippen LogP contribution in [0.5, 0.6) is 0 Å². The molecule has 194 valence electrons. The fourth-order valence-electron chi connectivity index (χ4n) is 7.32. The van der Waals surface area contributed by atoms with E-state index in [1.54, 1.807) is 10.4 Å². The summed E-state index contributed by atoms with van der Waals surface area (Å²) in [7, 11) is -2.07. The molecule has 0 aromatic heterocycles. The Morgan fingerprint density at radius 1 is 0.684 bits per heavy atom. The number of benzene rings is 3. The van der Waals surface area contributed by atoms with Crippen LogP contribution in [0.1, 0.15) is 54.0 Å². The topological polar surface area (TPSA) is 0 Å². The summed E-state index contributed by atoms with van der Waals surface area (Å²) in [5, 5.41) is 12.0. The maximum absolute atomic E-state index is 2.63. The molecule has 3 aromatic carbocycles. The van der Waals surface area contributed by atoms with Gasteiger partial charge in [0.05, 0.1) is 0 Å². The van der Waals surface area contributed by atoms with E-state index in [1.807, 2.05) is 0 Å². The lowest BCUT2D eigenvalue weighted by Crippen LogP contribution is -2.43. The standard InChI is InChI=1S/C37H42Si/c1-23-20-31-27-13-11-10-12-24(27)14-17-30(31)34(23)38(8,9)35-32-21-25(36(2,3)4)15-18-28(32)29-19-16-26(22-33(29)35)37(5,6)7/h10-23,32H,1-9H3. The second-order valence-corrected chi connectivity index (χ2v) is 18.6. The second-order valence-electron chi connectivity index (χ2n) is 14.3. The lowest BCUT2D eigenvalue weighted by Gasteiger charge is -2.35. The molecule has 2 unspecified atom stereocenters. The summed E-state index contributed by atoms with van der Waals surface area (Å²) in [5.41, 5.74) is 4.65. The maximum atomic E-state index is 2.63. The highest BCUT2D eigenvalue weighted by molar-refractivity contribution is 7.06. The average molecular weight is 515 g/mol. The third-order valence-electron chi connectivity index (χ3n) is 9.27. The summed E-state index contributed by atoms with van der Waals surface area (Å²) in [6, 6.07) is 21.0. The summed E-state index contributed by atoms with van der Waals surface area (Å²) in [5.74, 6) is 0.818. The van der Waals surface area contributed by atoms with Crippen LogP contribution < -0.4 is 20.9 Å². The normalized spacial score (nSPS) is 20.9. The van der Waals surface area contributed by atoms with E-state index in [2.05, 4.69) is 140 Å². The van der Waals surface area contributed by atoms with Crippen LogP contribution in [0.3, 0.4) is 0 Å². The Balaban J connectivity index is 1.70. The zero-order valence-electron chi connectivity index (χ0n) is 24.7. The van der Waals surface area contributed by atoms with E-state index in [0.29, 0.717) is 11.8 Å². The number of rotatable bonds is 2. The van der Waals surface area contributed by atoms with Crippen LogP contribution >= 0.6 is 0 Å². The molecule has 0 heterocycles. The van der Waals surface area contributed by atoms with Crippen molar-refractivity contribution in [3.8, 4) is 0 Å². The quantitative estimate of drug-likeness (QED) is 0.335. The molecular weight excluding hydrogens is 472 g/mol. The van der Waals surface area contributed by atoms with E-state index in [0.717, 1.165) is 0 Å². The van der Waals surface area contributed by atoms with E-state index in [1.165, 1.54) is 48.4 Å². The Morgan fingerprint density at radius 3 is 2.11 bits per heavy atom. The zero-order chi connectivity index (χ0) is 27.2. The summed E-state index contributed by atoms with van der Waals surface area (Å²) in [4.78, 5) is 0. The lowest BCUT2D eigenvalue weighted by molar-refractivity contribution is 0.513. The first-order valence-electron chi connectivity index (χ1n) is 14.3. The molecule has 0 bridgehead atoms. The van der Waals surface area contributed by atoms with Crippen molar-refractivity contribution < 1.29 is 0 Å². The van der Waals surface area contributed by atoms with Crippen molar-refractivity contribution in [1.29, 1.82) is 0 Å². The highest BCUT2D eigenvalue weighted by Gasteiger charge is 2.42. The minimum Gasteiger partial charge on any atom is -0.0695 e. The second kappa shape index (κ2) is 8.30. The summed E-state index contributed by atoms with van der Waals surface area (Å²) in [6.45, 7) is 21.8. The van der Waals surface area contributed by atoms with Gasteiger partial charge < -0.3 is 0 Å². The summed E-state index contributed by atoms with van der Waals surface area (Å²) in [6.07, 6.45) is 9.98. The van der Waals surface area contributed by atoms with Gasteiger partial charge in [-0.1, -0.05) is 151 Å². The third kappa shape index (κ3) is 3.77. The molecule has 0 aliphatic heterocycles. The molecule has 3 aliphatic carbocycles. The van der Waals surface area contributed by atoms with Gasteiger partial charge in [-0.05, 0) is 65.1 Å². The van der Waals surface area contributed by atoms with Crippen molar-refractivity contribution in [2.24, 2.45) is 17.3 Å². The molecular formula is C37H42Si. The largest absolute Gasteiger partial charge is 0.106 e. The van der Waals surface area contributed by atoms with Crippen molar-refractivity contribution in [2.45, 2.75) is 67.0 Å². The van der Waals surface area contributed by atoms with Crippen molar-refractivity contribution in [1.82, 2.24) is 0 Å². The van der Waals surface area contributed by atoms with E-state index < -0.39 is 8.07 Å². The molecule has 6 rings (SSSR count). The van der Waals surface area contributed by atoms with Crippen molar-refractivity contribution in [3.63, 3.8) is 0 Å². The molecule has 0 N–H and O–H groups in total. The van der Waals surface area contributed by atoms with Gasteiger partial charge in [-0.2, -0.15) is 0 Å². The lowest BCUT2D eigenvalue weighted by atomic mass is 9.80. The Kier molecular flexibility index (Phi) is 5.54. The highest BCUT2D eigenvalue weighted by Crippen LogP contribution is 2.44. The van der Waals surface area contributed by atoms with Crippen LogP contribution in [0.4, 0.5) is 0 Å². The van der Waals surface area contributed by atoms with Gasteiger partial charge in [-0.3, -0.25) is 0 Å². The Morgan fingerprint density at radius 2 is 1.39 bits per heavy atom. The Hall–Kier alpha value is -2.90. The molecule has 38 heavy (non-hydrogen) atoms. The minimum atomic E-state index is -2.07. The monoisotopic (exact) mass is 514 g/mol. The molecule has 1 heteroatoms. The average Bonchev–Trinajstić information content (AvgIpc) is 3.37. The minimum absolute atomic E-state index is 0.125. The van der Waals surface area contributed by atoms with Gasteiger partial charge in [-0.15, -0.1) is 0 Å². The van der Waals surface area contributed by atoms with E-state index in [4.69, 9.17) is 0 Å². The summed E-state index contributed by atoms with van der Waals surface area (Å²) < 4.78 is 0. The van der Waals surface area contributed by atoms with Gasteiger partial charge in [0.2, 0.25) is 0 Å².